The lowest BCUT2D eigenvalue weighted by atomic mass is 9.82. The van der Waals surface area contributed by atoms with Crippen LogP contribution in [-0.4, -0.2) is 3.23 Å². The van der Waals surface area contributed by atoms with E-state index in [1.165, 1.54) is 25.7 Å². The minimum Gasteiger partial charge on any atom is -0.0715 e. The fraction of sp³-hybridized carbons (Fsp3) is 1.00. The van der Waals surface area contributed by atoms with Crippen LogP contribution in [-0.2, 0) is 0 Å². The van der Waals surface area contributed by atoms with E-state index in [2.05, 4.69) is 45.7 Å². The van der Waals surface area contributed by atoms with Crippen LogP contribution in [0.5, 0.6) is 0 Å². The Morgan fingerprint density at radius 3 is 1.55 bits per heavy atom. The zero-order valence-corrected chi connectivity index (χ0v) is 10.3. The maximum atomic E-state index is 3.81. The van der Waals surface area contributed by atoms with Crippen LogP contribution in [0, 0.1) is 10.8 Å². The highest BCUT2D eigenvalue weighted by Crippen LogP contribution is 2.84. The van der Waals surface area contributed by atoms with Crippen LogP contribution in [0.3, 0.4) is 0 Å². The van der Waals surface area contributed by atoms with Crippen molar-refractivity contribution in [3.05, 3.63) is 0 Å². The van der Waals surface area contributed by atoms with E-state index < -0.39 is 0 Å². The lowest BCUT2D eigenvalue weighted by molar-refractivity contribution is 0.277. The van der Waals surface area contributed by atoms with Gasteiger partial charge in [0.1, 0.15) is 0 Å². The number of alkyl halides is 2. The van der Waals surface area contributed by atoms with E-state index in [-0.39, 0.29) is 3.23 Å². The molecule has 0 amide bonds. The van der Waals surface area contributed by atoms with Crippen LogP contribution in [0.2, 0.25) is 0 Å². The molecule has 0 bridgehead atoms. The van der Waals surface area contributed by atoms with Crippen molar-refractivity contribution >= 4 is 31.9 Å². The Morgan fingerprint density at radius 1 is 0.909 bits per heavy atom. The summed E-state index contributed by atoms with van der Waals surface area (Å²) in [6, 6.07) is 0. The molecule has 2 rings (SSSR count). The van der Waals surface area contributed by atoms with Crippen LogP contribution in [0.1, 0.15) is 39.5 Å². The second-order valence-electron chi connectivity index (χ2n) is 4.45. The highest BCUT2D eigenvalue weighted by atomic mass is 79.9. The van der Waals surface area contributed by atoms with Crippen LogP contribution in [0.25, 0.3) is 0 Å². The first-order valence-corrected chi connectivity index (χ1v) is 5.92. The zero-order valence-electron chi connectivity index (χ0n) is 7.08. The average molecular weight is 282 g/mol. The van der Waals surface area contributed by atoms with E-state index in [9.17, 15) is 0 Å². The van der Waals surface area contributed by atoms with Crippen molar-refractivity contribution < 1.29 is 0 Å². The van der Waals surface area contributed by atoms with Crippen LogP contribution in [0.4, 0.5) is 0 Å². The van der Waals surface area contributed by atoms with Gasteiger partial charge in [-0.3, -0.25) is 0 Å². The predicted molar refractivity (Wildman–Crippen MR) is 55.3 cm³/mol. The smallest absolute Gasteiger partial charge is 0.0715 e. The summed E-state index contributed by atoms with van der Waals surface area (Å²) in [6.07, 6.45) is 5.57. The van der Waals surface area contributed by atoms with Gasteiger partial charge in [0.05, 0.1) is 3.23 Å². The highest BCUT2D eigenvalue weighted by Gasteiger charge is 2.79. The summed E-state index contributed by atoms with van der Waals surface area (Å²) in [5, 5.41) is 0. The molecule has 2 heteroatoms. The summed E-state index contributed by atoms with van der Waals surface area (Å²) in [5.41, 5.74) is 1.02. The molecule has 0 N–H and O–H groups in total. The molecular formula is C9H14Br2. The van der Waals surface area contributed by atoms with E-state index in [0.29, 0.717) is 10.8 Å². The molecule has 2 aliphatic rings. The maximum Gasteiger partial charge on any atom is 0.0923 e. The van der Waals surface area contributed by atoms with Gasteiger partial charge in [0, 0.05) is 10.8 Å². The summed E-state index contributed by atoms with van der Waals surface area (Å²) in [5.74, 6) is 0. The molecule has 11 heavy (non-hydrogen) atoms. The van der Waals surface area contributed by atoms with Crippen molar-refractivity contribution in [3.63, 3.8) is 0 Å². The van der Waals surface area contributed by atoms with Gasteiger partial charge in [-0.2, -0.15) is 0 Å². The molecule has 0 unspecified atom stereocenters. The molecule has 0 nitrogen and oxygen atoms in total. The predicted octanol–water partition coefficient (Wildman–Crippen LogP) is 4.07. The van der Waals surface area contributed by atoms with Crippen LogP contribution >= 0.6 is 31.9 Å². The van der Waals surface area contributed by atoms with Gasteiger partial charge in [0.2, 0.25) is 0 Å². The Kier molecular flexibility index (Phi) is 1.60. The first-order valence-electron chi connectivity index (χ1n) is 4.34. The van der Waals surface area contributed by atoms with Crippen molar-refractivity contribution in [2.24, 2.45) is 10.8 Å². The number of rotatable bonds is 0. The molecule has 64 valence electrons. The summed E-state index contributed by atoms with van der Waals surface area (Å²) in [7, 11) is 0. The molecule has 0 aromatic heterocycles. The molecule has 2 aliphatic carbocycles. The van der Waals surface area contributed by atoms with Gasteiger partial charge in [-0.15, -0.1) is 0 Å². The topological polar surface area (TPSA) is 0 Å². The lowest BCUT2D eigenvalue weighted by Crippen LogP contribution is -2.12. The third-order valence-corrected chi connectivity index (χ3v) is 7.65. The van der Waals surface area contributed by atoms with Crippen molar-refractivity contribution in [2.45, 2.75) is 42.8 Å². The Labute approximate surface area is 85.4 Å². The molecule has 0 radical (unpaired) electrons. The Balaban J connectivity index is 2.33. The first-order chi connectivity index (χ1) is 4.96. The minimum absolute atomic E-state index is 0.247. The van der Waals surface area contributed by atoms with Gasteiger partial charge in [-0.25, -0.2) is 0 Å². The van der Waals surface area contributed by atoms with E-state index >= 15 is 0 Å². The normalized spacial score (nSPS) is 53.5. The fourth-order valence-corrected chi connectivity index (χ4v) is 5.12. The second kappa shape index (κ2) is 2.06. The van der Waals surface area contributed by atoms with Crippen LogP contribution in [0.15, 0.2) is 0 Å². The van der Waals surface area contributed by atoms with Gasteiger partial charge in [-0.1, -0.05) is 58.5 Å². The Hall–Kier alpha value is 0.960. The highest BCUT2D eigenvalue weighted by molar-refractivity contribution is 9.25. The van der Waals surface area contributed by atoms with Gasteiger partial charge in [0.15, 0.2) is 0 Å². The van der Waals surface area contributed by atoms with Crippen molar-refractivity contribution in [2.75, 3.05) is 0 Å². The van der Waals surface area contributed by atoms with E-state index in [1.807, 2.05) is 0 Å². The van der Waals surface area contributed by atoms with Crippen molar-refractivity contribution in [1.82, 2.24) is 0 Å². The summed E-state index contributed by atoms with van der Waals surface area (Å²) in [6.45, 7) is 4.80. The number of halogens is 2. The van der Waals surface area contributed by atoms with Crippen molar-refractivity contribution in [3.8, 4) is 0 Å². The van der Waals surface area contributed by atoms with Gasteiger partial charge >= 0.3 is 0 Å². The molecule has 0 spiro atoms. The van der Waals surface area contributed by atoms with Crippen LogP contribution < -0.4 is 0 Å². The summed E-state index contributed by atoms with van der Waals surface area (Å²) >= 11 is 7.62. The molecule has 0 heterocycles. The Morgan fingerprint density at radius 2 is 1.27 bits per heavy atom. The molecule has 0 saturated heterocycles. The SMILES string of the molecule is C[C@@]12CCCC[C@@]1(C)C2(Br)Br. The van der Waals surface area contributed by atoms with Gasteiger partial charge < -0.3 is 0 Å². The van der Waals surface area contributed by atoms with E-state index in [0.717, 1.165) is 0 Å². The van der Waals surface area contributed by atoms with Gasteiger partial charge in [0.25, 0.3) is 0 Å². The second-order valence-corrected chi connectivity index (χ2v) is 7.89. The van der Waals surface area contributed by atoms with E-state index in [1.54, 1.807) is 0 Å². The third-order valence-electron chi connectivity index (χ3n) is 4.14. The fourth-order valence-electron chi connectivity index (χ4n) is 2.77. The Bertz CT molecular complexity index is 180. The summed E-state index contributed by atoms with van der Waals surface area (Å²) in [4.78, 5) is 0. The average Bonchev–Trinajstić information content (AvgIpc) is 2.28. The molecule has 0 aromatic carbocycles. The van der Waals surface area contributed by atoms with E-state index in [4.69, 9.17) is 0 Å². The molecule has 2 saturated carbocycles. The maximum absolute atomic E-state index is 3.81. The summed E-state index contributed by atoms with van der Waals surface area (Å²) < 4.78 is 0.247. The number of hydrogen-bond acceptors (Lipinski definition) is 0. The third kappa shape index (κ3) is 0.720. The monoisotopic (exact) mass is 280 g/mol. The largest absolute Gasteiger partial charge is 0.0923 e. The first kappa shape index (κ1) is 8.55. The number of hydrogen-bond donors (Lipinski definition) is 0. The van der Waals surface area contributed by atoms with Gasteiger partial charge in [-0.05, 0) is 12.8 Å². The minimum atomic E-state index is 0.247. The standard InChI is InChI=1S/C9H14Br2/c1-7-5-3-4-6-8(7,2)9(7,10)11/h3-6H2,1-2H3/t7-,8-/m1/s1. The lowest BCUT2D eigenvalue weighted by Gasteiger charge is -2.22. The molecule has 2 atom stereocenters. The molecular weight excluding hydrogens is 268 g/mol. The molecule has 2 fully saturated rings. The quantitative estimate of drug-likeness (QED) is 0.587. The molecule has 0 aromatic rings. The molecule has 0 aliphatic heterocycles. The zero-order chi connectivity index (χ0) is 8.33. The number of fused-ring (bicyclic) bond motifs is 1. The van der Waals surface area contributed by atoms with Crippen molar-refractivity contribution in [1.29, 1.82) is 0 Å².